The minimum Gasteiger partial charge on any atom is -0.497 e. The molecule has 0 bridgehead atoms. The first-order chi connectivity index (χ1) is 7.50. The van der Waals surface area contributed by atoms with Crippen LogP contribution in [0.1, 0.15) is 5.56 Å². The summed E-state index contributed by atoms with van der Waals surface area (Å²) in [6, 6.07) is 4.91. The molecule has 1 aliphatic rings. The highest BCUT2D eigenvalue weighted by Crippen LogP contribution is 2.31. The van der Waals surface area contributed by atoms with Crippen molar-refractivity contribution >= 4 is 16.3 Å². The molecule has 0 radical (unpaired) electrons. The topological polar surface area (TPSA) is 52.6 Å². The van der Waals surface area contributed by atoms with Gasteiger partial charge in [-0.3, -0.25) is 0 Å². The molecule has 16 heavy (non-hydrogen) atoms. The molecule has 1 aromatic carbocycles. The van der Waals surface area contributed by atoms with Crippen LogP contribution in [0.25, 0.3) is 6.08 Å². The Morgan fingerprint density at radius 2 is 2.19 bits per heavy atom. The van der Waals surface area contributed by atoms with Crippen LogP contribution in [0.2, 0.25) is 0 Å². The smallest absolute Gasteiger partial charge is 0.331 e. The third-order valence-corrected chi connectivity index (χ3v) is 3.08. The number of hydrogen-bond donors (Lipinski definition) is 0. The maximum absolute atomic E-state index is 12.7. The van der Waals surface area contributed by atoms with Crippen molar-refractivity contribution < 1.29 is 21.8 Å². The van der Waals surface area contributed by atoms with Crippen LogP contribution in [-0.2, 0) is 10.2 Å². The number of ether oxygens (including phenoxy) is 2. The summed E-state index contributed by atoms with van der Waals surface area (Å²) in [5, 5.41) is 0. The van der Waals surface area contributed by atoms with Crippen molar-refractivity contribution in [1.82, 2.24) is 0 Å². The fraction of sp³-hybridized carbons (Fsp3) is 0.200. The van der Waals surface area contributed by atoms with E-state index in [1.807, 2.05) is 0 Å². The van der Waals surface area contributed by atoms with Crippen molar-refractivity contribution in [2.24, 2.45) is 0 Å². The highest BCUT2D eigenvalue weighted by atomic mass is 32.3. The molecule has 0 saturated carbocycles. The zero-order valence-corrected chi connectivity index (χ0v) is 9.25. The standard InChI is InChI=1S/C10H9FO4S/c1-14-8-2-3-10-7(4-8)5-9(6-15-10)16(11,12)13/h2-5H,6H2,1H3. The molecule has 86 valence electrons. The first-order valence-electron chi connectivity index (χ1n) is 4.47. The summed E-state index contributed by atoms with van der Waals surface area (Å²) >= 11 is 0. The third-order valence-electron chi connectivity index (χ3n) is 2.22. The molecule has 0 aliphatic carbocycles. The number of rotatable bonds is 2. The minimum atomic E-state index is -4.69. The van der Waals surface area contributed by atoms with Crippen LogP contribution in [0.15, 0.2) is 23.1 Å². The molecule has 1 aromatic rings. The van der Waals surface area contributed by atoms with Gasteiger partial charge >= 0.3 is 10.2 Å². The van der Waals surface area contributed by atoms with E-state index in [1.165, 1.54) is 13.2 Å². The van der Waals surface area contributed by atoms with Crippen LogP contribution >= 0.6 is 0 Å². The fourth-order valence-corrected chi connectivity index (χ4v) is 1.87. The molecule has 1 heterocycles. The molecule has 0 saturated heterocycles. The average molecular weight is 244 g/mol. The number of hydrogen-bond acceptors (Lipinski definition) is 4. The number of fused-ring (bicyclic) bond motifs is 1. The lowest BCUT2D eigenvalue weighted by Gasteiger charge is -2.16. The van der Waals surface area contributed by atoms with E-state index in [9.17, 15) is 12.3 Å². The minimum absolute atomic E-state index is 0.280. The molecule has 0 N–H and O–H groups in total. The summed E-state index contributed by atoms with van der Waals surface area (Å²) in [5.74, 6) is 1.06. The monoisotopic (exact) mass is 244 g/mol. The Bertz CT molecular complexity index is 548. The normalized spacial score (nSPS) is 14.8. The van der Waals surface area contributed by atoms with Gasteiger partial charge in [-0.2, -0.15) is 8.42 Å². The van der Waals surface area contributed by atoms with Gasteiger partial charge in [0.25, 0.3) is 0 Å². The van der Waals surface area contributed by atoms with E-state index in [0.29, 0.717) is 17.1 Å². The van der Waals surface area contributed by atoms with E-state index in [-0.39, 0.29) is 11.5 Å². The van der Waals surface area contributed by atoms with Crippen LogP contribution in [0.3, 0.4) is 0 Å². The second-order valence-electron chi connectivity index (χ2n) is 3.24. The lowest BCUT2D eigenvalue weighted by molar-refractivity contribution is 0.350. The second-order valence-corrected chi connectivity index (χ2v) is 4.64. The van der Waals surface area contributed by atoms with Gasteiger partial charge in [-0.05, 0) is 24.3 Å². The zero-order chi connectivity index (χ0) is 11.8. The first-order valence-corrected chi connectivity index (χ1v) is 5.85. The van der Waals surface area contributed by atoms with Gasteiger partial charge in [-0.15, -0.1) is 3.89 Å². The zero-order valence-electron chi connectivity index (χ0n) is 8.44. The van der Waals surface area contributed by atoms with Gasteiger partial charge in [-0.1, -0.05) is 0 Å². The fourth-order valence-electron chi connectivity index (χ4n) is 1.40. The van der Waals surface area contributed by atoms with Gasteiger partial charge in [0.1, 0.15) is 23.0 Å². The highest BCUT2D eigenvalue weighted by molar-refractivity contribution is 7.90. The summed E-state index contributed by atoms with van der Waals surface area (Å²) in [5.41, 5.74) is 0.488. The van der Waals surface area contributed by atoms with Gasteiger partial charge in [-0.25, -0.2) is 0 Å². The molecule has 0 unspecified atom stereocenters. The van der Waals surface area contributed by atoms with Crippen molar-refractivity contribution in [3.8, 4) is 11.5 Å². The Hall–Kier alpha value is -1.56. The van der Waals surface area contributed by atoms with Crippen LogP contribution < -0.4 is 9.47 Å². The van der Waals surface area contributed by atoms with Crippen molar-refractivity contribution in [1.29, 1.82) is 0 Å². The third kappa shape index (κ3) is 2.01. The SMILES string of the molecule is COc1ccc2c(c1)C=C(S(=O)(=O)F)CO2. The van der Waals surface area contributed by atoms with Crippen LogP contribution in [0.5, 0.6) is 11.5 Å². The van der Waals surface area contributed by atoms with Gasteiger partial charge in [0.05, 0.1) is 7.11 Å². The Balaban J connectivity index is 2.50. The van der Waals surface area contributed by atoms with Gasteiger partial charge in [0.15, 0.2) is 0 Å². The van der Waals surface area contributed by atoms with Crippen LogP contribution in [0, 0.1) is 0 Å². The van der Waals surface area contributed by atoms with Crippen LogP contribution in [0.4, 0.5) is 3.89 Å². The van der Waals surface area contributed by atoms with Gasteiger partial charge in [0.2, 0.25) is 0 Å². The average Bonchev–Trinajstić information content (AvgIpc) is 2.26. The van der Waals surface area contributed by atoms with Crippen molar-refractivity contribution in [3.63, 3.8) is 0 Å². The highest BCUT2D eigenvalue weighted by Gasteiger charge is 2.22. The van der Waals surface area contributed by atoms with Gasteiger partial charge < -0.3 is 9.47 Å². The molecule has 0 atom stereocenters. The molecular weight excluding hydrogens is 235 g/mol. The van der Waals surface area contributed by atoms with E-state index in [1.54, 1.807) is 18.2 Å². The Morgan fingerprint density at radius 3 is 2.81 bits per heavy atom. The molecule has 4 nitrogen and oxygen atoms in total. The molecule has 2 rings (SSSR count). The molecule has 0 spiro atoms. The number of halogens is 1. The van der Waals surface area contributed by atoms with Crippen LogP contribution in [-0.4, -0.2) is 22.1 Å². The lowest BCUT2D eigenvalue weighted by atomic mass is 10.1. The Kier molecular flexibility index (Phi) is 2.59. The van der Waals surface area contributed by atoms with E-state index in [4.69, 9.17) is 9.47 Å². The maximum Gasteiger partial charge on any atom is 0.331 e. The molecular formula is C10H9FO4S. The Morgan fingerprint density at radius 1 is 1.44 bits per heavy atom. The number of benzene rings is 1. The van der Waals surface area contributed by atoms with E-state index >= 15 is 0 Å². The van der Waals surface area contributed by atoms with Crippen molar-refractivity contribution in [3.05, 3.63) is 28.7 Å². The van der Waals surface area contributed by atoms with Gasteiger partial charge in [0, 0.05) is 5.56 Å². The lowest BCUT2D eigenvalue weighted by Crippen LogP contribution is -2.12. The van der Waals surface area contributed by atoms with E-state index in [2.05, 4.69) is 0 Å². The Labute approximate surface area is 92.5 Å². The first kappa shape index (κ1) is 10.9. The second kappa shape index (κ2) is 3.79. The maximum atomic E-state index is 12.7. The predicted molar refractivity (Wildman–Crippen MR) is 56.5 cm³/mol. The van der Waals surface area contributed by atoms with Crippen molar-refractivity contribution in [2.75, 3.05) is 13.7 Å². The molecule has 0 amide bonds. The molecule has 6 heteroatoms. The van der Waals surface area contributed by atoms with E-state index in [0.717, 1.165) is 0 Å². The summed E-state index contributed by atoms with van der Waals surface area (Å²) in [6.45, 7) is -0.280. The predicted octanol–water partition coefficient (Wildman–Crippen LogP) is 1.73. The molecule has 0 fully saturated rings. The largest absolute Gasteiger partial charge is 0.497 e. The summed E-state index contributed by atoms with van der Waals surface area (Å²) in [4.78, 5) is -0.381. The molecule has 0 aromatic heterocycles. The summed E-state index contributed by atoms with van der Waals surface area (Å²) < 4.78 is 44.2. The quantitative estimate of drug-likeness (QED) is 0.743. The summed E-state index contributed by atoms with van der Waals surface area (Å²) in [6.07, 6.45) is 1.25. The summed E-state index contributed by atoms with van der Waals surface area (Å²) in [7, 11) is -3.20. The number of methoxy groups -OCH3 is 1. The van der Waals surface area contributed by atoms with Crippen molar-refractivity contribution in [2.45, 2.75) is 0 Å². The van der Waals surface area contributed by atoms with E-state index < -0.39 is 10.2 Å². The molecule has 1 aliphatic heterocycles.